The molecule has 8 heteroatoms. The van der Waals surface area contributed by atoms with E-state index in [4.69, 9.17) is 17.3 Å². The highest BCUT2D eigenvalue weighted by molar-refractivity contribution is 7.89. The third-order valence-corrected chi connectivity index (χ3v) is 5.15. The highest BCUT2D eigenvalue weighted by Gasteiger charge is 2.31. The molecule has 2 aromatic rings. The molecule has 1 aliphatic heterocycles. The summed E-state index contributed by atoms with van der Waals surface area (Å²) >= 11 is 5.77. The average molecular weight is 311 g/mol. The molecule has 0 fully saturated rings. The van der Waals surface area contributed by atoms with Crippen LogP contribution in [0, 0.1) is 0 Å². The summed E-state index contributed by atoms with van der Waals surface area (Å²) in [5, 5.41) is 0.493. The molecule has 0 unspecified atom stereocenters. The SMILES string of the molecule is Nc1ncc2c(n1)CN(S(=O)(=O)c1ccc(Cl)cc1)C2. The lowest BCUT2D eigenvalue weighted by atomic mass is 10.3. The summed E-state index contributed by atoms with van der Waals surface area (Å²) in [4.78, 5) is 8.15. The highest BCUT2D eigenvalue weighted by atomic mass is 35.5. The second-order valence-electron chi connectivity index (χ2n) is 4.43. The van der Waals surface area contributed by atoms with Gasteiger partial charge in [0.05, 0.1) is 17.1 Å². The Morgan fingerprint density at radius 3 is 2.60 bits per heavy atom. The van der Waals surface area contributed by atoms with Crippen LogP contribution in [0.15, 0.2) is 35.4 Å². The lowest BCUT2D eigenvalue weighted by molar-refractivity contribution is 0.430. The van der Waals surface area contributed by atoms with E-state index in [2.05, 4.69) is 9.97 Å². The zero-order chi connectivity index (χ0) is 14.3. The van der Waals surface area contributed by atoms with E-state index in [0.29, 0.717) is 10.7 Å². The predicted molar refractivity (Wildman–Crippen MR) is 74.3 cm³/mol. The van der Waals surface area contributed by atoms with Gasteiger partial charge in [-0.1, -0.05) is 11.6 Å². The molecule has 1 aromatic carbocycles. The molecule has 0 radical (unpaired) electrons. The summed E-state index contributed by atoms with van der Waals surface area (Å²) in [6, 6.07) is 6.08. The second kappa shape index (κ2) is 4.69. The minimum absolute atomic E-state index is 0.148. The fourth-order valence-electron chi connectivity index (χ4n) is 2.07. The van der Waals surface area contributed by atoms with Crippen LogP contribution in [0.2, 0.25) is 5.02 Å². The Bertz CT molecular complexity index is 762. The lowest BCUT2D eigenvalue weighted by Gasteiger charge is -2.15. The number of anilines is 1. The minimum Gasteiger partial charge on any atom is -0.368 e. The van der Waals surface area contributed by atoms with Crippen molar-refractivity contribution < 1.29 is 8.42 Å². The number of hydrogen-bond acceptors (Lipinski definition) is 5. The molecule has 0 spiro atoms. The number of nitrogens with zero attached hydrogens (tertiary/aromatic N) is 3. The molecule has 0 saturated carbocycles. The fourth-order valence-corrected chi connectivity index (χ4v) is 3.57. The van der Waals surface area contributed by atoms with Gasteiger partial charge < -0.3 is 5.73 Å². The molecule has 104 valence electrons. The molecule has 1 aromatic heterocycles. The van der Waals surface area contributed by atoms with E-state index in [0.717, 1.165) is 5.56 Å². The molecule has 0 aliphatic carbocycles. The Kier molecular flexibility index (Phi) is 3.12. The molecule has 0 saturated heterocycles. The molecule has 6 nitrogen and oxygen atoms in total. The number of sulfonamides is 1. The van der Waals surface area contributed by atoms with E-state index >= 15 is 0 Å². The van der Waals surface area contributed by atoms with Crippen LogP contribution in [0.5, 0.6) is 0 Å². The monoisotopic (exact) mass is 310 g/mol. The summed E-state index contributed by atoms with van der Waals surface area (Å²) in [5.74, 6) is 0.148. The predicted octanol–water partition coefficient (Wildman–Crippen LogP) is 1.42. The van der Waals surface area contributed by atoms with Gasteiger partial charge in [-0.05, 0) is 24.3 Å². The van der Waals surface area contributed by atoms with Crippen molar-refractivity contribution in [2.24, 2.45) is 0 Å². The van der Waals surface area contributed by atoms with Crippen molar-refractivity contribution in [3.63, 3.8) is 0 Å². The van der Waals surface area contributed by atoms with Gasteiger partial charge in [-0.3, -0.25) is 0 Å². The van der Waals surface area contributed by atoms with Crippen LogP contribution in [0.25, 0.3) is 0 Å². The van der Waals surface area contributed by atoms with Crippen molar-refractivity contribution in [3.05, 3.63) is 46.7 Å². The van der Waals surface area contributed by atoms with Gasteiger partial charge in [0, 0.05) is 23.3 Å². The molecule has 0 atom stereocenters. The number of benzene rings is 1. The van der Waals surface area contributed by atoms with E-state index in [1.54, 1.807) is 18.3 Å². The molecule has 1 aliphatic rings. The Hall–Kier alpha value is -1.70. The van der Waals surface area contributed by atoms with Crippen LogP contribution in [0.4, 0.5) is 5.95 Å². The van der Waals surface area contributed by atoms with E-state index in [-0.39, 0.29) is 23.9 Å². The first-order chi connectivity index (χ1) is 9.46. The fraction of sp³-hybridized carbons (Fsp3) is 0.167. The number of fused-ring (bicyclic) bond motifs is 1. The number of nitrogens with two attached hydrogens (primary N) is 1. The summed E-state index contributed by atoms with van der Waals surface area (Å²) < 4.78 is 26.3. The largest absolute Gasteiger partial charge is 0.368 e. The molecule has 2 N–H and O–H groups in total. The van der Waals surface area contributed by atoms with Gasteiger partial charge in [-0.25, -0.2) is 18.4 Å². The van der Waals surface area contributed by atoms with Crippen LogP contribution in [0.1, 0.15) is 11.3 Å². The second-order valence-corrected chi connectivity index (χ2v) is 6.80. The van der Waals surface area contributed by atoms with Crippen molar-refractivity contribution >= 4 is 27.6 Å². The first-order valence-corrected chi connectivity index (χ1v) is 7.64. The van der Waals surface area contributed by atoms with Gasteiger partial charge in [0.25, 0.3) is 0 Å². The third kappa shape index (κ3) is 2.24. The molecule has 0 bridgehead atoms. The van der Waals surface area contributed by atoms with Crippen molar-refractivity contribution in [1.29, 1.82) is 0 Å². The highest BCUT2D eigenvalue weighted by Crippen LogP contribution is 2.27. The van der Waals surface area contributed by atoms with Crippen LogP contribution in [0.3, 0.4) is 0 Å². The Balaban J connectivity index is 1.93. The van der Waals surface area contributed by atoms with Crippen LogP contribution < -0.4 is 5.73 Å². The molecule has 0 amide bonds. The molecule has 3 rings (SSSR count). The summed E-state index contributed by atoms with van der Waals surface area (Å²) in [6.07, 6.45) is 1.56. The summed E-state index contributed by atoms with van der Waals surface area (Å²) in [5.41, 5.74) is 6.93. The van der Waals surface area contributed by atoms with E-state index in [1.807, 2.05) is 0 Å². The van der Waals surface area contributed by atoms with Crippen molar-refractivity contribution in [2.45, 2.75) is 18.0 Å². The van der Waals surface area contributed by atoms with Crippen molar-refractivity contribution in [3.8, 4) is 0 Å². The van der Waals surface area contributed by atoms with E-state index in [9.17, 15) is 8.42 Å². The van der Waals surface area contributed by atoms with E-state index < -0.39 is 10.0 Å². The Labute approximate surface area is 121 Å². The van der Waals surface area contributed by atoms with Gasteiger partial charge in [0.2, 0.25) is 16.0 Å². The van der Waals surface area contributed by atoms with Crippen LogP contribution >= 0.6 is 11.6 Å². The zero-order valence-corrected chi connectivity index (χ0v) is 11.9. The van der Waals surface area contributed by atoms with Gasteiger partial charge >= 0.3 is 0 Å². The van der Waals surface area contributed by atoms with Crippen LogP contribution in [-0.4, -0.2) is 22.7 Å². The Morgan fingerprint density at radius 1 is 1.20 bits per heavy atom. The number of nitrogen functional groups attached to an aromatic ring is 1. The summed E-state index contributed by atoms with van der Waals surface area (Å²) in [6.45, 7) is 0.452. The molecule has 2 heterocycles. The molecular formula is C12H11ClN4O2S. The maximum atomic E-state index is 12.5. The van der Waals surface area contributed by atoms with Crippen LogP contribution in [-0.2, 0) is 23.1 Å². The first kappa shape index (κ1) is 13.3. The van der Waals surface area contributed by atoms with Gasteiger partial charge in [-0.2, -0.15) is 4.31 Å². The van der Waals surface area contributed by atoms with Crippen molar-refractivity contribution in [1.82, 2.24) is 14.3 Å². The van der Waals surface area contributed by atoms with Gasteiger partial charge in [0.15, 0.2) is 0 Å². The first-order valence-electron chi connectivity index (χ1n) is 5.83. The maximum Gasteiger partial charge on any atom is 0.243 e. The topological polar surface area (TPSA) is 89.2 Å². The number of hydrogen-bond donors (Lipinski definition) is 1. The van der Waals surface area contributed by atoms with E-state index in [1.165, 1.54) is 16.4 Å². The van der Waals surface area contributed by atoms with Gasteiger partial charge in [-0.15, -0.1) is 0 Å². The average Bonchev–Trinajstić information content (AvgIpc) is 2.83. The quantitative estimate of drug-likeness (QED) is 0.906. The normalized spacial score (nSPS) is 15.2. The third-order valence-electron chi connectivity index (χ3n) is 3.10. The standard InChI is InChI=1S/C12H11ClN4O2S/c13-9-1-3-10(4-2-9)20(18,19)17-6-8-5-15-12(14)16-11(8)7-17/h1-5H,6-7H2,(H2,14,15,16). The number of rotatable bonds is 2. The van der Waals surface area contributed by atoms with Crippen molar-refractivity contribution in [2.75, 3.05) is 5.73 Å². The zero-order valence-electron chi connectivity index (χ0n) is 10.3. The lowest BCUT2D eigenvalue weighted by Crippen LogP contribution is -2.25. The Morgan fingerprint density at radius 2 is 1.90 bits per heavy atom. The molecule has 20 heavy (non-hydrogen) atoms. The number of aromatic nitrogens is 2. The minimum atomic E-state index is -3.57. The summed E-state index contributed by atoms with van der Waals surface area (Å²) in [7, 11) is -3.57. The number of halogens is 1. The smallest absolute Gasteiger partial charge is 0.243 e. The maximum absolute atomic E-state index is 12.5. The van der Waals surface area contributed by atoms with Gasteiger partial charge in [0.1, 0.15) is 0 Å². The molecular weight excluding hydrogens is 300 g/mol.